The van der Waals surface area contributed by atoms with Crippen molar-refractivity contribution in [3.63, 3.8) is 0 Å². The molecule has 3 nitrogen and oxygen atoms in total. The molecule has 0 N–H and O–H groups in total. The second-order valence-electron chi connectivity index (χ2n) is 17.0. The number of hydrogen-bond acceptors (Lipinski definition) is 3. The second-order valence-corrected chi connectivity index (χ2v) is 17.0. The van der Waals surface area contributed by atoms with Gasteiger partial charge in [0.05, 0.1) is 17.1 Å². The van der Waals surface area contributed by atoms with Crippen molar-refractivity contribution in [3.05, 3.63) is 271 Å². The first-order valence-electron chi connectivity index (χ1n) is 22.7. The molecule has 10 aromatic carbocycles. The lowest BCUT2D eigenvalue weighted by molar-refractivity contribution is 1.22. The van der Waals surface area contributed by atoms with E-state index in [0.717, 1.165) is 51.2 Å². The molecule has 0 unspecified atom stereocenters. The highest BCUT2D eigenvalue weighted by Gasteiger charge is 2.23. The van der Waals surface area contributed by atoms with Crippen LogP contribution in [0.2, 0.25) is 0 Å². The van der Waals surface area contributed by atoms with Crippen molar-refractivity contribution < 1.29 is 0 Å². The monoisotopic (exact) mass is 849 g/mol. The van der Waals surface area contributed by atoms with Crippen LogP contribution in [0.4, 0.5) is 51.2 Å². The van der Waals surface area contributed by atoms with Crippen molar-refractivity contribution >= 4 is 51.2 Å². The van der Waals surface area contributed by atoms with Gasteiger partial charge in [-0.1, -0.05) is 180 Å². The first-order chi connectivity index (χ1) is 32.4. The van der Waals surface area contributed by atoms with Crippen molar-refractivity contribution in [2.45, 2.75) is 20.8 Å². The van der Waals surface area contributed by atoms with Crippen LogP contribution in [0.3, 0.4) is 0 Å². The summed E-state index contributed by atoms with van der Waals surface area (Å²) in [6.45, 7) is 6.44. The van der Waals surface area contributed by atoms with Gasteiger partial charge < -0.3 is 14.7 Å². The van der Waals surface area contributed by atoms with Crippen molar-refractivity contribution in [3.8, 4) is 33.4 Å². The van der Waals surface area contributed by atoms with E-state index in [1.165, 1.54) is 50.1 Å². The molecule has 10 rings (SSSR count). The van der Waals surface area contributed by atoms with E-state index in [0.29, 0.717) is 0 Å². The lowest BCUT2D eigenvalue weighted by Crippen LogP contribution is -2.16. The highest BCUT2D eigenvalue weighted by Crippen LogP contribution is 2.46. The maximum absolute atomic E-state index is 2.39. The summed E-state index contributed by atoms with van der Waals surface area (Å²) in [5.41, 5.74) is 20.2. The minimum Gasteiger partial charge on any atom is -0.310 e. The third-order valence-corrected chi connectivity index (χ3v) is 12.2. The van der Waals surface area contributed by atoms with Gasteiger partial charge in [-0.25, -0.2) is 0 Å². The molecule has 3 heteroatoms. The third kappa shape index (κ3) is 9.01. The van der Waals surface area contributed by atoms with Crippen molar-refractivity contribution in [1.29, 1.82) is 0 Å². The molecular formula is C63H51N3. The molecule has 0 amide bonds. The molecule has 66 heavy (non-hydrogen) atoms. The van der Waals surface area contributed by atoms with Crippen LogP contribution in [0, 0.1) is 20.8 Å². The Kier molecular flexibility index (Phi) is 11.8. The topological polar surface area (TPSA) is 9.72 Å². The predicted octanol–water partition coefficient (Wildman–Crippen LogP) is 18.0. The zero-order chi connectivity index (χ0) is 44.8. The van der Waals surface area contributed by atoms with Crippen LogP contribution < -0.4 is 14.7 Å². The van der Waals surface area contributed by atoms with Gasteiger partial charge in [-0.15, -0.1) is 0 Å². The van der Waals surface area contributed by atoms with Gasteiger partial charge >= 0.3 is 0 Å². The smallest absolute Gasteiger partial charge is 0.0503 e. The zero-order valence-electron chi connectivity index (χ0n) is 37.6. The average molecular weight is 850 g/mol. The molecule has 0 bridgehead atoms. The fourth-order valence-electron chi connectivity index (χ4n) is 8.69. The zero-order valence-corrected chi connectivity index (χ0v) is 37.6. The van der Waals surface area contributed by atoms with Gasteiger partial charge in [-0.2, -0.15) is 0 Å². The first kappa shape index (κ1) is 41.6. The summed E-state index contributed by atoms with van der Waals surface area (Å²) in [6, 6.07) is 92.2. The number of benzene rings is 10. The molecule has 0 fully saturated rings. The molecule has 0 atom stereocenters. The summed E-state index contributed by atoms with van der Waals surface area (Å²) >= 11 is 0. The van der Waals surface area contributed by atoms with E-state index in [1.807, 2.05) is 0 Å². The molecule has 0 saturated heterocycles. The van der Waals surface area contributed by atoms with Gasteiger partial charge in [0.25, 0.3) is 0 Å². The summed E-state index contributed by atoms with van der Waals surface area (Å²) in [5.74, 6) is 0. The number of nitrogens with zero attached hydrogens (tertiary/aromatic N) is 3. The quantitative estimate of drug-likeness (QED) is 0.121. The lowest BCUT2D eigenvalue weighted by Gasteiger charge is -2.33. The lowest BCUT2D eigenvalue weighted by atomic mass is 10.0. The van der Waals surface area contributed by atoms with Crippen molar-refractivity contribution in [1.82, 2.24) is 0 Å². The third-order valence-electron chi connectivity index (χ3n) is 12.2. The standard InChI is InChI=1S/C63H51N3/c1-46-19-31-55(32-20-46)64(58-37-25-52(26-38-58)49-13-7-4-8-14-49)61-43-62(65(56-33-21-47(2)22-34-56)59-39-27-53(28-40-59)50-15-9-5-10-16-50)45-63(44-61)66(57-35-23-48(3)24-36-57)60-41-29-54(30-42-60)51-17-11-6-12-18-51/h4-45H,1-3H3. The van der Waals surface area contributed by atoms with Gasteiger partial charge in [0, 0.05) is 34.1 Å². The van der Waals surface area contributed by atoms with Crippen molar-refractivity contribution in [2.75, 3.05) is 14.7 Å². The molecule has 10 aromatic rings. The minimum atomic E-state index is 1.02. The van der Waals surface area contributed by atoms with Gasteiger partial charge in [-0.05, 0) is 145 Å². The molecule has 0 aliphatic rings. The van der Waals surface area contributed by atoms with Gasteiger partial charge in [0.1, 0.15) is 0 Å². The van der Waals surface area contributed by atoms with Crippen LogP contribution in [-0.4, -0.2) is 0 Å². The summed E-state index contributed by atoms with van der Waals surface area (Å²) in [4.78, 5) is 7.16. The Morgan fingerprint density at radius 2 is 0.364 bits per heavy atom. The summed E-state index contributed by atoms with van der Waals surface area (Å²) in [6.07, 6.45) is 0. The van der Waals surface area contributed by atoms with E-state index < -0.39 is 0 Å². The normalized spacial score (nSPS) is 11.0. The Morgan fingerprint density at radius 1 is 0.182 bits per heavy atom. The van der Waals surface area contributed by atoms with Crippen LogP contribution in [-0.2, 0) is 0 Å². The molecule has 0 saturated carbocycles. The van der Waals surface area contributed by atoms with E-state index >= 15 is 0 Å². The average Bonchev–Trinajstić information content (AvgIpc) is 3.37. The SMILES string of the molecule is Cc1ccc(N(c2ccc(-c3ccccc3)cc2)c2cc(N(c3ccc(C)cc3)c3ccc(-c4ccccc4)cc3)cc(N(c3ccc(C)cc3)c3ccc(-c4ccccc4)cc3)c2)cc1. The Bertz CT molecular complexity index is 2790. The Labute approximate surface area is 389 Å². The molecular weight excluding hydrogens is 799 g/mol. The fraction of sp³-hybridized carbons (Fsp3) is 0.0476. The number of aryl methyl sites for hydroxylation is 3. The first-order valence-corrected chi connectivity index (χ1v) is 22.7. The van der Waals surface area contributed by atoms with Crippen LogP contribution in [0.5, 0.6) is 0 Å². The van der Waals surface area contributed by atoms with E-state index in [2.05, 4.69) is 290 Å². The van der Waals surface area contributed by atoms with Crippen LogP contribution >= 0.6 is 0 Å². The molecule has 0 spiro atoms. The highest BCUT2D eigenvalue weighted by molar-refractivity contribution is 5.90. The number of anilines is 9. The van der Waals surface area contributed by atoms with Crippen LogP contribution in [0.25, 0.3) is 33.4 Å². The van der Waals surface area contributed by atoms with Gasteiger partial charge in [0.2, 0.25) is 0 Å². The molecule has 0 heterocycles. The van der Waals surface area contributed by atoms with Crippen LogP contribution in [0.1, 0.15) is 16.7 Å². The summed E-state index contributed by atoms with van der Waals surface area (Å²) in [7, 11) is 0. The summed E-state index contributed by atoms with van der Waals surface area (Å²) in [5, 5.41) is 0. The summed E-state index contributed by atoms with van der Waals surface area (Å²) < 4.78 is 0. The molecule has 318 valence electrons. The second kappa shape index (κ2) is 18.8. The maximum Gasteiger partial charge on any atom is 0.0503 e. The molecule has 0 aliphatic carbocycles. The molecule has 0 aromatic heterocycles. The number of rotatable bonds is 12. The highest BCUT2D eigenvalue weighted by atomic mass is 15.2. The Hall–Kier alpha value is -8.40. The maximum atomic E-state index is 2.39. The van der Waals surface area contributed by atoms with E-state index in [-0.39, 0.29) is 0 Å². The van der Waals surface area contributed by atoms with Crippen molar-refractivity contribution in [2.24, 2.45) is 0 Å². The van der Waals surface area contributed by atoms with Gasteiger partial charge in [0.15, 0.2) is 0 Å². The van der Waals surface area contributed by atoms with E-state index in [9.17, 15) is 0 Å². The largest absolute Gasteiger partial charge is 0.310 e. The number of hydrogen-bond donors (Lipinski definition) is 0. The predicted molar refractivity (Wildman–Crippen MR) is 281 cm³/mol. The fourth-order valence-corrected chi connectivity index (χ4v) is 8.69. The van der Waals surface area contributed by atoms with E-state index in [1.54, 1.807) is 0 Å². The van der Waals surface area contributed by atoms with E-state index in [4.69, 9.17) is 0 Å². The van der Waals surface area contributed by atoms with Gasteiger partial charge in [-0.3, -0.25) is 0 Å². The Morgan fingerprint density at radius 3 is 0.576 bits per heavy atom. The minimum absolute atomic E-state index is 1.02. The molecule has 0 radical (unpaired) electrons. The van der Waals surface area contributed by atoms with Crippen LogP contribution in [0.15, 0.2) is 255 Å². The Balaban J connectivity index is 1.21. The molecule has 0 aliphatic heterocycles.